The summed E-state index contributed by atoms with van der Waals surface area (Å²) in [5, 5.41) is 8.59. The minimum absolute atomic E-state index is 0.114. The van der Waals surface area contributed by atoms with Crippen molar-refractivity contribution in [3.8, 4) is 6.07 Å². The summed E-state index contributed by atoms with van der Waals surface area (Å²) in [7, 11) is 0. The summed E-state index contributed by atoms with van der Waals surface area (Å²) in [4.78, 5) is 16.1. The first-order chi connectivity index (χ1) is 10.5. The van der Waals surface area contributed by atoms with Crippen LogP contribution < -0.4 is 0 Å². The van der Waals surface area contributed by atoms with Gasteiger partial charge in [-0.15, -0.1) is 0 Å². The normalized spacial score (nSPS) is 17.9. The highest BCUT2D eigenvalue weighted by Gasteiger charge is 2.72. The van der Waals surface area contributed by atoms with Gasteiger partial charge in [-0.2, -0.15) is 31.6 Å². The van der Waals surface area contributed by atoms with E-state index in [2.05, 4.69) is 4.98 Å². The number of nitrogens with zero attached hydrogens (tertiary/aromatic N) is 3. The third-order valence-corrected chi connectivity index (χ3v) is 3.75. The van der Waals surface area contributed by atoms with Crippen molar-refractivity contribution in [2.24, 2.45) is 5.41 Å². The quantitative estimate of drug-likeness (QED) is 0.741. The summed E-state index contributed by atoms with van der Waals surface area (Å²) in [5.74, 6) is -1.04. The van der Waals surface area contributed by atoms with Gasteiger partial charge in [-0.05, 0) is 18.6 Å². The molecule has 2 rings (SSSR count). The Labute approximate surface area is 126 Å². The molecule has 1 aliphatic rings. The minimum atomic E-state index is -5.52. The Bertz CT molecular complexity index is 630. The van der Waals surface area contributed by atoms with Crippen LogP contribution in [-0.4, -0.2) is 41.2 Å². The molecule has 1 aromatic heterocycles. The van der Waals surface area contributed by atoms with Crippen molar-refractivity contribution in [1.29, 1.82) is 5.26 Å². The number of rotatable bonds is 1. The standard InChI is InChI=1S/C13H9F6N3O/c14-12(15,16)11(13(17,18)19)3-4-22(7-11)10(23)9-2-1-8(5-20)6-21-9/h1-2,6H,3-4,7H2. The number of carbonyl (C=O) groups excluding carboxylic acids is 1. The number of likely N-dealkylation sites (tertiary alicyclic amines) is 1. The van der Waals surface area contributed by atoms with E-state index >= 15 is 0 Å². The van der Waals surface area contributed by atoms with Crippen LogP contribution in [0.3, 0.4) is 0 Å². The first kappa shape index (κ1) is 17.1. The van der Waals surface area contributed by atoms with Gasteiger partial charge in [0.15, 0.2) is 5.41 Å². The Balaban J connectivity index is 2.27. The van der Waals surface area contributed by atoms with Crippen LogP contribution in [0.2, 0.25) is 0 Å². The second-order valence-electron chi connectivity index (χ2n) is 5.10. The topological polar surface area (TPSA) is 57.0 Å². The molecule has 0 atom stereocenters. The van der Waals surface area contributed by atoms with Crippen LogP contribution in [0.1, 0.15) is 22.5 Å². The summed E-state index contributed by atoms with van der Waals surface area (Å²) in [5.41, 5.74) is -4.13. The molecule has 0 radical (unpaired) electrons. The fraction of sp³-hybridized carbons (Fsp3) is 0.462. The second kappa shape index (κ2) is 5.40. The van der Waals surface area contributed by atoms with Crippen molar-refractivity contribution in [2.45, 2.75) is 18.8 Å². The molecule has 1 saturated heterocycles. The van der Waals surface area contributed by atoms with Crippen molar-refractivity contribution < 1.29 is 31.1 Å². The Hall–Kier alpha value is -2.31. The van der Waals surface area contributed by atoms with Gasteiger partial charge in [0.05, 0.1) is 5.56 Å². The van der Waals surface area contributed by atoms with E-state index in [1.807, 2.05) is 0 Å². The number of carbonyl (C=O) groups is 1. The molecule has 0 bridgehead atoms. The molecule has 1 aromatic rings. The van der Waals surface area contributed by atoms with E-state index in [0.29, 0.717) is 4.90 Å². The number of nitriles is 1. The Morgan fingerprint density at radius 1 is 1.22 bits per heavy atom. The SMILES string of the molecule is N#Cc1ccc(C(=O)N2CCC(C(F)(F)F)(C(F)(F)F)C2)nc1. The number of alkyl halides is 6. The lowest BCUT2D eigenvalue weighted by atomic mass is 9.85. The zero-order valence-corrected chi connectivity index (χ0v) is 11.4. The van der Waals surface area contributed by atoms with Gasteiger partial charge in [0.1, 0.15) is 11.8 Å². The number of amides is 1. The molecular weight excluding hydrogens is 328 g/mol. The third-order valence-electron chi connectivity index (χ3n) is 3.75. The number of hydrogen-bond acceptors (Lipinski definition) is 3. The molecule has 0 spiro atoms. The molecule has 0 aliphatic carbocycles. The van der Waals surface area contributed by atoms with E-state index in [1.165, 1.54) is 6.07 Å². The van der Waals surface area contributed by atoms with E-state index in [0.717, 1.165) is 12.3 Å². The zero-order chi connectivity index (χ0) is 17.5. The fourth-order valence-electron chi connectivity index (χ4n) is 2.36. The molecule has 4 nitrogen and oxygen atoms in total. The lowest BCUT2D eigenvalue weighted by Crippen LogP contribution is -2.52. The average molecular weight is 337 g/mol. The van der Waals surface area contributed by atoms with Gasteiger partial charge in [0.2, 0.25) is 0 Å². The summed E-state index contributed by atoms with van der Waals surface area (Å²) < 4.78 is 77.6. The first-order valence-electron chi connectivity index (χ1n) is 6.31. The lowest BCUT2D eigenvalue weighted by molar-refractivity contribution is -0.334. The molecule has 10 heteroatoms. The highest BCUT2D eigenvalue weighted by Crippen LogP contribution is 2.55. The molecule has 1 fully saturated rings. The van der Waals surface area contributed by atoms with Crippen molar-refractivity contribution in [3.63, 3.8) is 0 Å². The molecule has 2 heterocycles. The van der Waals surface area contributed by atoms with Gasteiger partial charge in [-0.1, -0.05) is 0 Å². The molecule has 0 aromatic carbocycles. The monoisotopic (exact) mass is 337 g/mol. The molecule has 1 aliphatic heterocycles. The van der Waals surface area contributed by atoms with Crippen LogP contribution in [-0.2, 0) is 0 Å². The van der Waals surface area contributed by atoms with Gasteiger partial charge < -0.3 is 4.90 Å². The molecule has 124 valence electrons. The lowest BCUT2D eigenvalue weighted by Gasteiger charge is -2.33. The zero-order valence-electron chi connectivity index (χ0n) is 11.4. The number of pyridine rings is 1. The van der Waals surface area contributed by atoms with E-state index < -0.39 is 43.2 Å². The number of hydrogen-bond donors (Lipinski definition) is 0. The summed E-state index contributed by atoms with van der Waals surface area (Å²) in [6.45, 7) is -2.18. The number of halogens is 6. The molecule has 1 amide bonds. The van der Waals surface area contributed by atoms with Crippen LogP contribution in [0, 0.1) is 16.7 Å². The Morgan fingerprint density at radius 2 is 1.83 bits per heavy atom. The van der Waals surface area contributed by atoms with Crippen LogP contribution in [0.25, 0.3) is 0 Å². The Morgan fingerprint density at radius 3 is 2.22 bits per heavy atom. The smallest absolute Gasteiger partial charge is 0.336 e. The minimum Gasteiger partial charge on any atom is -0.336 e. The summed E-state index contributed by atoms with van der Waals surface area (Å²) >= 11 is 0. The predicted molar refractivity (Wildman–Crippen MR) is 64.0 cm³/mol. The van der Waals surface area contributed by atoms with Crippen LogP contribution in [0.5, 0.6) is 0 Å². The maximum atomic E-state index is 12.9. The highest BCUT2D eigenvalue weighted by molar-refractivity contribution is 5.92. The molecule has 0 N–H and O–H groups in total. The largest absolute Gasteiger partial charge is 0.404 e. The molecule has 0 unspecified atom stereocenters. The van der Waals surface area contributed by atoms with E-state index in [9.17, 15) is 31.1 Å². The van der Waals surface area contributed by atoms with E-state index in [-0.39, 0.29) is 11.3 Å². The van der Waals surface area contributed by atoms with Gasteiger partial charge >= 0.3 is 12.4 Å². The molecular formula is C13H9F6N3O. The highest BCUT2D eigenvalue weighted by atomic mass is 19.4. The average Bonchev–Trinajstić information content (AvgIpc) is 2.92. The maximum absolute atomic E-state index is 12.9. The van der Waals surface area contributed by atoms with Crippen molar-refractivity contribution >= 4 is 5.91 Å². The predicted octanol–water partition coefficient (Wildman–Crippen LogP) is 2.91. The summed E-state index contributed by atoms with van der Waals surface area (Å²) in [6.07, 6.45) is -11.3. The fourth-order valence-corrected chi connectivity index (χ4v) is 2.36. The van der Waals surface area contributed by atoms with Gasteiger partial charge in [-0.3, -0.25) is 4.79 Å². The van der Waals surface area contributed by atoms with Gasteiger partial charge in [0.25, 0.3) is 5.91 Å². The first-order valence-corrected chi connectivity index (χ1v) is 6.31. The summed E-state index contributed by atoms with van der Waals surface area (Å²) in [6, 6.07) is 4.02. The Kier molecular flexibility index (Phi) is 4.00. The molecule has 0 saturated carbocycles. The van der Waals surface area contributed by atoms with E-state index in [1.54, 1.807) is 6.07 Å². The van der Waals surface area contributed by atoms with Crippen LogP contribution in [0.4, 0.5) is 26.3 Å². The maximum Gasteiger partial charge on any atom is 0.404 e. The van der Waals surface area contributed by atoms with E-state index in [4.69, 9.17) is 5.26 Å². The van der Waals surface area contributed by atoms with Gasteiger partial charge in [0, 0.05) is 19.3 Å². The van der Waals surface area contributed by atoms with Crippen molar-refractivity contribution in [3.05, 3.63) is 29.6 Å². The van der Waals surface area contributed by atoms with Gasteiger partial charge in [-0.25, -0.2) is 4.98 Å². The van der Waals surface area contributed by atoms with Crippen LogP contribution in [0.15, 0.2) is 18.3 Å². The van der Waals surface area contributed by atoms with Crippen LogP contribution >= 0.6 is 0 Å². The second-order valence-corrected chi connectivity index (χ2v) is 5.10. The number of aromatic nitrogens is 1. The molecule has 23 heavy (non-hydrogen) atoms. The van der Waals surface area contributed by atoms with Crippen molar-refractivity contribution in [2.75, 3.05) is 13.1 Å². The third kappa shape index (κ3) is 2.83. The van der Waals surface area contributed by atoms with Crippen molar-refractivity contribution in [1.82, 2.24) is 9.88 Å².